The Balaban J connectivity index is 1.57. The number of benzene rings is 1. The molecule has 2 N–H and O–H groups in total. The van der Waals surface area contributed by atoms with Gasteiger partial charge in [0.25, 0.3) is 0 Å². The summed E-state index contributed by atoms with van der Waals surface area (Å²) in [5.74, 6) is 0.256. The minimum atomic E-state index is -0.823. The summed E-state index contributed by atoms with van der Waals surface area (Å²) in [6.45, 7) is 0.675. The van der Waals surface area contributed by atoms with Crippen LogP contribution in [0.4, 0.5) is 11.5 Å². The molecule has 0 radical (unpaired) electrons. The second-order valence-electron chi connectivity index (χ2n) is 8.10. The number of anilines is 2. The molecule has 2 aromatic rings. The van der Waals surface area contributed by atoms with Crippen molar-refractivity contribution in [2.24, 2.45) is 5.92 Å². The summed E-state index contributed by atoms with van der Waals surface area (Å²) in [5.41, 5.74) is 1.27. The highest BCUT2D eigenvalue weighted by molar-refractivity contribution is 6.35. The molecule has 1 aliphatic heterocycles. The lowest BCUT2D eigenvalue weighted by Crippen LogP contribution is -2.36. The van der Waals surface area contributed by atoms with Gasteiger partial charge in [0.05, 0.1) is 16.2 Å². The fraction of sp³-hybridized carbons (Fsp3) is 0.500. The molecule has 2 heterocycles. The van der Waals surface area contributed by atoms with E-state index in [9.17, 15) is 14.7 Å². The molecular weight excluding hydrogens is 390 g/mol. The lowest BCUT2D eigenvalue weighted by molar-refractivity contribution is -0.138. The van der Waals surface area contributed by atoms with E-state index in [4.69, 9.17) is 11.6 Å². The van der Waals surface area contributed by atoms with E-state index in [0.29, 0.717) is 47.3 Å². The number of nitrogens with zero attached hydrogens (tertiary/aromatic N) is 2. The third-order valence-corrected chi connectivity index (χ3v) is 6.42. The van der Waals surface area contributed by atoms with Crippen LogP contribution in [0.3, 0.4) is 0 Å². The Kier molecular flexibility index (Phi) is 5.90. The van der Waals surface area contributed by atoms with Crippen LogP contribution in [-0.2, 0) is 9.59 Å². The van der Waals surface area contributed by atoms with E-state index in [1.165, 1.54) is 19.3 Å². The number of amides is 1. The van der Waals surface area contributed by atoms with Gasteiger partial charge < -0.3 is 15.3 Å². The summed E-state index contributed by atoms with van der Waals surface area (Å²) in [6.07, 6.45) is 7.87. The van der Waals surface area contributed by atoms with E-state index in [1.54, 1.807) is 6.07 Å². The minimum absolute atomic E-state index is 0.0131. The SMILES string of the molecule is O=C(CC1CCCCC1)Nc1c(Cl)ccc2nc(N3CCC[C@@H]3C(=O)O)ccc12. The van der Waals surface area contributed by atoms with Crippen molar-refractivity contribution < 1.29 is 14.7 Å². The van der Waals surface area contributed by atoms with E-state index in [2.05, 4.69) is 10.3 Å². The fourth-order valence-electron chi connectivity index (χ4n) is 4.60. The van der Waals surface area contributed by atoms with Gasteiger partial charge in [-0.1, -0.05) is 30.9 Å². The number of hydrogen-bond donors (Lipinski definition) is 2. The van der Waals surface area contributed by atoms with Crippen LogP contribution in [0.1, 0.15) is 51.4 Å². The van der Waals surface area contributed by atoms with Crippen molar-refractivity contribution in [3.05, 3.63) is 29.3 Å². The van der Waals surface area contributed by atoms with Gasteiger partial charge in [0, 0.05) is 18.4 Å². The summed E-state index contributed by atoms with van der Waals surface area (Å²) >= 11 is 6.39. The number of rotatable bonds is 5. The average molecular weight is 416 g/mol. The van der Waals surface area contributed by atoms with E-state index >= 15 is 0 Å². The van der Waals surface area contributed by atoms with E-state index < -0.39 is 12.0 Å². The first-order valence-electron chi connectivity index (χ1n) is 10.4. The van der Waals surface area contributed by atoms with E-state index in [0.717, 1.165) is 24.6 Å². The van der Waals surface area contributed by atoms with Crippen LogP contribution >= 0.6 is 11.6 Å². The molecular formula is C22H26ClN3O3. The van der Waals surface area contributed by atoms with Gasteiger partial charge in [0.15, 0.2) is 0 Å². The van der Waals surface area contributed by atoms with Crippen LogP contribution in [0.2, 0.25) is 5.02 Å². The number of carboxylic acids is 1. The molecule has 2 aliphatic rings. The first kappa shape index (κ1) is 20.0. The molecule has 1 aromatic heterocycles. The molecule has 0 bridgehead atoms. The van der Waals surface area contributed by atoms with Gasteiger partial charge >= 0.3 is 5.97 Å². The number of aromatic nitrogens is 1. The largest absolute Gasteiger partial charge is 0.480 e. The molecule has 0 unspecified atom stereocenters. The number of aliphatic carboxylic acids is 1. The number of hydrogen-bond acceptors (Lipinski definition) is 4. The second kappa shape index (κ2) is 8.57. The zero-order chi connectivity index (χ0) is 20.4. The average Bonchev–Trinajstić information content (AvgIpc) is 3.21. The van der Waals surface area contributed by atoms with Gasteiger partial charge in [0.1, 0.15) is 11.9 Å². The highest BCUT2D eigenvalue weighted by Gasteiger charge is 2.31. The lowest BCUT2D eigenvalue weighted by Gasteiger charge is -2.23. The Morgan fingerprint density at radius 3 is 2.66 bits per heavy atom. The summed E-state index contributed by atoms with van der Waals surface area (Å²) in [7, 11) is 0. The van der Waals surface area contributed by atoms with Gasteiger partial charge in [-0.25, -0.2) is 9.78 Å². The van der Waals surface area contributed by atoms with Gasteiger partial charge in [-0.05, 0) is 55.9 Å². The predicted molar refractivity (Wildman–Crippen MR) is 115 cm³/mol. The number of carbonyl (C=O) groups is 2. The number of nitrogens with one attached hydrogen (secondary N) is 1. The van der Waals surface area contributed by atoms with Crippen LogP contribution in [0.15, 0.2) is 24.3 Å². The molecule has 1 saturated carbocycles. The molecule has 4 rings (SSSR count). The van der Waals surface area contributed by atoms with Crippen LogP contribution in [0, 0.1) is 5.92 Å². The van der Waals surface area contributed by atoms with Crippen LogP contribution in [0.5, 0.6) is 0 Å². The first-order valence-corrected chi connectivity index (χ1v) is 10.8. The molecule has 1 amide bonds. The maximum absolute atomic E-state index is 12.6. The Bertz CT molecular complexity index is 927. The highest BCUT2D eigenvalue weighted by atomic mass is 35.5. The Labute approximate surface area is 175 Å². The van der Waals surface area contributed by atoms with Gasteiger partial charge in [-0.15, -0.1) is 0 Å². The maximum Gasteiger partial charge on any atom is 0.326 e. The fourth-order valence-corrected chi connectivity index (χ4v) is 4.81. The molecule has 29 heavy (non-hydrogen) atoms. The lowest BCUT2D eigenvalue weighted by atomic mass is 9.87. The van der Waals surface area contributed by atoms with Crippen molar-refractivity contribution in [1.82, 2.24) is 4.98 Å². The van der Waals surface area contributed by atoms with Crippen molar-refractivity contribution in [3.63, 3.8) is 0 Å². The van der Waals surface area contributed by atoms with Gasteiger partial charge in [0.2, 0.25) is 5.91 Å². The Morgan fingerprint density at radius 2 is 1.90 bits per heavy atom. The molecule has 1 aromatic carbocycles. The zero-order valence-electron chi connectivity index (χ0n) is 16.4. The van der Waals surface area contributed by atoms with Gasteiger partial charge in [-0.3, -0.25) is 4.79 Å². The monoisotopic (exact) mass is 415 g/mol. The number of halogens is 1. The van der Waals surface area contributed by atoms with E-state index in [-0.39, 0.29) is 5.91 Å². The maximum atomic E-state index is 12.6. The molecule has 2 fully saturated rings. The Morgan fingerprint density at radius 1 is 1.10 bits per heavy atom. The minimum Gasteiger partial charge on any atom is -0.480 e. The van der Waals surface area contributed by atoms with Crippen molar-refractivity contribution in [3.8, 4) is 0 Å². The number of carbonyl (C=O) groups excluding carboxylic acids is 1. The molecule has 1 atom stereocenters. The van der Waals surface area contributed by atoms with Crippen molar-refractivity contribution in [2.75, 3.05) is 16.8 Å². The molecule has 7 heteroatoms. The first-order chi connectivity index (χ1) is 14.0. The second-order valence-corrected chi connectivity index (χ2v) is 8.51. The van der Waals surface area contributed by atoms with Crippen molar-refractivity contribution >= 4 is 45.9 Å². The quantitative estimate of drug-likeness (QED) is 0.729. The smallest absolute Gasteiger partial charge is 0.326 e. The standard InChI is InChI=1S/C22H26ClN3O3/c23-16-9-10-17-15(21(16)25-20(27)13-14-5-2-1-3-6-14)8-11-19(24-17)26-12-4-7-18(26)22(28)29/h8-11,14,18H,1-7,12-13H2,(H,25,27)(H,28,29)/t18-/m1/s1. The zero-order valence-corrected chi connectivity index (χ0v) is 17.1. The molecule has 1 saturated heterocycles. The van der Waals surface area contributed by atoms with Crippen molar-refractivity contribution in [1.29, 1.82) is 0 Å². The summed E-state index contributed by atoms with van der Waals surface area (Å²) in [4.78, 5) is 30.6. The number of fused-ring (bicyclic) bond motifs is 1. The summed E-state index contributed by atoms with van der Waals surface area (Å²) in [6, 6.07) is 6.69. The van der Waals surface area contributed by atoms with Crippen LogP contribution in [0.25, 0.3) is 10.9 Å². The molecule has 6 nitrogen and oxygen atoms in total. The molecule has 0 spiro atoms. The topological polar surface area (TPSA) is 82.5 Å². The third-order valence-electron chi connectivity index (χ3n) is 6.10. The number of pyridine rings is 1. The van der Waals surface area contributed by atoms with E-state index in [1.807, 2.05) is 23.1 Å². The van der Waals surface area contributed by atoms with Crippen molar-refractivity contribution in [2.45, 2.75) is 57.4 Å². The molecule has 1 aliphatic carbocycles. The highest BCUT2D eigenvalue weighted by Crippen LogP contribution is 2.34. The van der Waals surface area contributed by atoms with Crippen LogP contribution < -0.4 is 10.2 Å². The third kappa shape index (κ3) is 4.32. The predicted octanol–water partition coefficient (Wildman–Crippen LogP) is 4.85. The number of carboxylic acid groups (broad SMARTS) is 1. The van der Waals surface area contributed by atoms with Gasteiger partial charge in [-0.2, -0.15) is 0 Å². The Hall–Kier alpha value is -2.34. The van der Waals surface area contributed by atoms with Crippen LogP contribution in [-0.4, -0.2) is 34.6 Å². The summed E-state index contributed by atoms with van der Waals surface area (Å²) < 4.78 is 0. The normalized spacial score (nSPS) is 20.2. The molecule has 154 valence electrons. The summed E-state index contributed by atoms with van der Waals surface area (Å²) in [5, 5.41) is 13.7.